The van der Waals surface area contributed by atoms with Crippen molar-refractivity contribution in [2.45, 2.75) is 90.7 Å². The van der Waals surface area contributed by atoms with Gasteiger partial charge in [0, 0.05) is 5.41 Å². The van der Waals surface area contributed by atoms with Crippen molar-refractivity contribution in [3.05, 3.63) is 0 Å². The lowest BCUT2D eigenvalue weighted by Gasteiger charge is -2.29. The average molecular weight is 309 g/mol. The molecular weight excluding hydrogens is 278 g/mol. The standard InChI is InChI=1S/C18H31NO3/c1-17(2,3)22-16(21)19-14(15(20)18(4)10-11-18)12-13-8-6-5-7-9-13/h13-14H,5-12H2,1-4H3,(H,19,21). The van der Waals surface area contributed by atoms with E-state index in [2.05, 4.69) is 5.32 Å². The third-order valence-electron chi connectivity index (χ3n) is 4.90. The zero-order valence-electron chi connectivity index (χ0n) is 14.5. The van der Waals surface area contributed by atoms with Crippen LogP contribution in [0.25, 0.3) is 0 Å². The molecule has 0 heterocycles. The topological polar surface area (TPSA) is 55.4 Å². The van der Waals surface area contributed by atoms with E-state index in [0.29, 0.717) is 5.92 Å². The van der Waals surface area contributed by atoms with Crippen molar-refractivity contribution in [3.8, 4) is 0 Å². The molecule has 0 aromatic rings. The second kappa shape index (κ2) is 6.59. The van der Waals surface area contributed by atoms with E-state index in [1.54, 1.807) is 0 Å². The molecule has 2 aliphatic rings. The smallest absolute Gasteiger partial charge is 0.408 e. The first-order valence-corrected chi connectivity index (χ1v) is 8.73. The summed E-state index contributed by atoms with van der Waals surface area (Å²) in [7, 11) is 0. The van der Waals surface area contributed by atoms with Crippen LogP contribution in [0.1, 0.15) is 79.1 Å². The molecule has 0 aliphatic heterocycles. The maximum absolute atomic E-state index is 12.7. The van der Waals surface area contributed by atoms with E-state index < -0.39 is 11.7 Å². The van der Waals surface area contributed by atoms with Crippen LogP contribution in [0.2, 0.25) is 0 Å². The molecule has 4 heteroatoms. The fourth-order valence-corrected chi connectivity index (χ4v) is 3.29. The molecule has 126 valence electrons. The Bertz CT molecular complexity index is 415. The molecule has 1 N–H and O–H groups in total. The Morgan fingerprint density at radius 2 is 1.77 bits per heavy atom. The summed E-state index contributed by atoms with van der Waals surface area (Å²) in [4.78, 5) is 24.8. The van der Waals surface area contributed by atoms with Gasteiger partial charge in [-0.1, -0.05) is 39.0 Å². The summed E-state index contributed by atoms with van der Waals surface area (Å²) in [5.74, 6) is 0.754. The SMILES string of the molecule is CC(C)(C)OC(=O)NC(CC1CCCCC1)C(=O)C1(C)CC1. The van der Waals surface area contributed by atoms with E-state index in [-0.39, 0.29) is 17.2 Å². The van der Waals surface area contributed by atoms with Crippen LogP contribution < -0.4 is 5.32 Å². The summed E-state index contributed by atoms with van der Waals surface area (Å²) < 4.78 is 5.34. The molecule has 2 saturated carbocycles. The summed E-state index contributed by atoms with van der Waals surface area (Å²) >= 11 is 0. The largest absolute Gasteiger partial charge is 0.444 e. The van der Waals surface area contributed by atoms with E-state index >= 15 is 0 Å². The van der Waals surface area contributed by atoms with E-state index in [4.69, 9.17) is 4.74 Å². The van der Waals surface area contributed by atoms with Gasteiger partial charge < -0.3 is 10.1 Å². The van der Waals surface area contributed by atoms with Crippen molar-refractivity contribution in [2.24, 2.45) is 11.3 Å². The first-order chi connectivity index (χ1) is 10.2. The van der Waals surface area contributed by atoms with E-state index in [9.17, 15) is 9.59 Å². The Morgan fingerprint density at radius 1 is 1.18 bits per heavy atom. The predicted molar refractivity (Wildman–Crippen MR) is 86.7 cm³/mol. The van der Waals surface area contributed by atoms with Gasteiger partial charge in [-0.05, 0) is 46.0 Å². The average Bonchev–Trinajstić information content (AvgIpc) is 3.15. The highest BCUT2D eigenvalue weighted by atomic mass is 16.6. The van der Waals surface area contributed by atoms with Crippen LogP contribution in [0.3, 0.4) is 0 Å². The molecule has 1 amide bonds. The van der Waals surface area contributed by atoms with Gasteiger partial charge in [0.2, 0.25) is 0 Å². The lowest BCUT2D eigenvalue weighted by atomic mass is 9.82. The van der Waals surface area contributed by atoms with Gasteiger partial charge in [0.15, 0.2) is 5.78 Å². The van der Waals surface area contributed by atoms with Crippen LogP contribution in [0, 0.1) is 11.3 Å². The molecule has 0 aromatic carbocycles. The van der Waals surface area contributed by atoms with Gasteiger partial charge in [0.25, 0.3) is 0 Å². The van der Waals surface area contributed by atoms with Crippen molar-refractivity contribution in [2.75, 3.05) is 0 Å². The second-order valence-corrected chi connectivity index (χ2v) is 8.36. The minimum atomic E-state index is -0.536. The number of nitrogens with one attached hydrogen (secondary N) is 1. The highest BCUT2D eigenvalue weighted by molar-refractivity contribution is 5.93. The summed E-state index contributed by atoms with van der Waals surface area (Å²) in [5, 5.41) is 2.86. The van der Waals surface area contributed by atoms with E-state index in [1.807, 2.05) is 27.7 Å². The number of amides is 1. The van der Waals surface area contributed by atoms with Gasteiger partial charge >= 0.3 is 6.09 Å². The highest BCUT2D eigenvalue weighted by Gasteiger charge is 2.48. The fourth-order valence-electron chi connectivity index (χ4n) is 3.29. The highest BCUT2D eigenvalue weighted by Crippen LogP contribution is 2.47. The predicted octanol–water partition coefficient (Wildman–Crippen LogP) is 4.22. The van der Waals surface area contributed by atoms with Crippen LogP contribution in [0.4, 0.5) is 4.79 Å². The van der Waals surface area contributed by atoms with Crippen molar-refractivity contribution in [3.63, 3.8) is 0 Å². The van der Waals surface area contributed by atoms with Gasteiger partial charge in [-0.15, -0.1) is 0 Å². The van der Waals surface area contributed by atoms with Gasteiger partial charge in [-0.3, -0.25) is 4.79 Å². The minimum Gasteiger partial charge on any atom is -0.444 e. The lowest BCUT2D eigenvalue weighted by Crippen LogP contribution is -2.46. The Hall–Kier alpha value is -1.06. The van der Waals surface area contributed by atoms with Gasteiger partial charge in [0.1, 0.15) is 5.60 Å². The monoisotopic (exact) mass is 309 g/mol. The Labute approximate surface area is 134 Å². The normalized spacial score (nSPS) is 22.7. The molecule has 1 unspecified atom stereocenters. The van der Waals surface area contributed by atoms with Crippen LogP contribution in [-0.4, -0.2) is 23.5 Å². The Kier molecular flexibility index (Phi) is 5.18. The number of ketones is 1. The summed E-state index contributed by atoms with van der Waals surface area (Å²) in [6.45, 7) is 7.53. The van der Waals surface area contributed by atoms with Crippen molar-refractivity contribution >= 4 is 11.9 Å². The first-order valence-electron chi connectivity index (χ1n) is 8.73. The molecule has 2 rings (SSSR count). The number of carbonyl (C=O) groups is 2. The fraction of sp³-hybridized carbons (Fsp3) is 0.889. The van der Waals surface area contributed by atoms with Crippen molar-refractivity contribution < 1.29 is 14.3 Å². The summed E-state index contributed by atoms with van der Waals surface area (Å²) in [6.07, 6.45) is 8.34. The molecule has 0 bridgehead atoms. The van der Waals surface area contributed by atoms with Crippen LogP contribution in [0.15, 0.2) is 0 Å². The number of hydrogen-bond donors (Lipinski definition) is 1. The van der Waals surface area contributed by atoms with Crippen LogP contribution >= 0.6 is 0 Å². The summed E-state index contributed by atoms with van der Waals surface area (Å²) in [5.41, 5.74) is -0.750. The number of ether oxygens (including phenoxy) is 1. The molecule has 2 aliphatic carbocycles. The molecule has 0 aromatic heterocycles. The molecule has 0 saturated heterocycles. The van der Waals surface area contributed by atoms with Crippen molar-refractivity contribution in [1.29, 1.82) is 0 Å². The van der Waals surface area contributed by atoms with Gasteiger partial charge in [0.05, 0.1) is 6.04 Å². The molecule has 4 nitrogen and oxygen atoms in total. The molecule has 22 heavy (non-hydrogen) atoms. The van der Waals surface area contributed by atoms with Crippen LogP contribution in [0.5, 0.6) is 0 Å². The third-order valence-corrected chi connectivity index (χ3v) is 4.90. The molecule has 2 fully saturated rings. The minimum absolute atomic E-state index is 0.198. The maximum Gasteiger partial charge on any atom is 0.408 e. The van der Waals surface area contributed by atoms with Crippen LogP contribution in [-0.2, 0) is 9.53 Å². The zero-order chi connectivity index (χ0) is 16.4. The molecule has 1 atom stereocenters. The maximum atomic E-state index is 12.7. The number of Topliss-reactive ketones (excluding diaryl/α,β-unsaturated/α-hetero) is 1. The summed E-state index contributed by atoms with van der Waals surface area (Å²) in [6, 6.07) is -0.384. The number of carbonyl (C=O) groups excluding carboxylic acids is 2. The quantitative estimate of drug-likeness (QED) is 0.827. The van der Waals surface area contributed by atoms with Gasteiger partial charge in [-0.25, -0.2) is 4.79 Å². The second-order valence-electron chi connectivity index (χ2n) is 8.36. The third kappa shape index (κ3) is 4.99. The van der Waals surface area contributed by atoms with E-state index in [1.165, 1.54) is 32.1 Å². The lowest BCUT2D eigenvalue weighted by molar-refractivity contribution is -0.126. The number of alkyl carbamates (subject to hydrolysis) is 1. The first kappa shape index (κ1) is 17.3. The number of hydrogen-bond acceptors (Lipinski definition) is 3. The Balaban J connectivity index is 1.97. The van der Waals surface area contributed by atoms with Gasteiger partial charge in [-0.2, -0.15) is 0 Å². The molecule has 0 spiro atoms. The zero-order valence-corrected chi connectivity index (χ0v) is 14.5. The van der Waals surface area contributed by atoms with E-state index in [0.717, 1.165) is 19.3 Å². The Morgan fingerprint density at radius 3 is 2.27 bits per heavy atom. The number of rotatable bonds is 5. The van der Waals surface area contributed by atoms with Crippen molar-refractivity contribution in [1.82, 2.24) is 5.32 Å². The molecule has 0 radical (unpaired) electrons. The molecular formula is C18H31NO3.